The molecule has 0 rings (SSSR count). The van der Waals surface area contributed by atoms with Crippen molar-refractivity contribution in [2.24, 2.45) is 0 Å². The van der Waals surface area contributed by atoms with Gasteiger partial charge in [0.05, 0.1) is 5.75 Å². The maximum Gasteiger partial charge on any atom is 0.211 e. The van der Waals surface area contributed by atoms with E-state index in [4.69, 9.17) is 0 Å². The minimum atomic E-state index is -3.08. The topological polar surface area (TPSA) is 58.2 Å². The zero-order chi connectivity index (χ0) is 13.3. The minimum absolute atomic E-state index is 0.230. The molecule has 0 fully saturated rings. The van der Waals surface area contributed by atoms with Gasteiger partial charge in [0.15, 0.2) is 0 Å². The summed E-state index contributed by atoms with van der Waals surface area (Å²) in [6.45, 7) is 7.59. The lowest BCUT2D eigenvalue weighted by molar-refractivity contribution is 0.555. The van der Waals surface area contributed by atoms with Crippen LogP contribution in [0.25, 0.3) is 0 Å². The molecule has 0 bridgehead atoms. The Hall–Kier alpha value is 0.220. The van der Waals surface area contributed by atoms with Gasteiger partial charge in [0.25, 0.3) is 0 Å². The fourth-order valence-corrected chi connectivity index (χ4v) is 2.80. The van der Waals surface area contributed by atoms with Crippen LogP contribution in [0.3, 0.4) is 0 Å². The Morgan fingerprint density at radius 3 is 2.35 bits per heavy atom. The van der Waals surface area contributed by atoms with E-state index in [-0.39, 0.29) is 5.75 Å². The van der Waals surface area contributed by atoms with E-state index in [2.05, 4.69) is 23.9 Å². The van der Waals surface area contributed by atoms with Crippen molar-refractivity contribution in [1.82, 2.24) is 10.0 Å². The highest BCUT2D eigenvalue weighted by molar-refractivity contribution is 7.99. The molecule has 0 aromatic heterocycles. The van der Waals surface area contributed by atoms with E-state index in [0.29, 0.717) is 24.3 Å². The number of nitrogens with one attached hydrogen (secondary N) is 2. The van der Waals surface area contributed by atoms with Gasteiger partial charge >= 0.3 is 0 Å². The van der Waals surface area contributed by atoms with E-state index in [9.17, 15) is 8.42 Å². The lowest BCUT2D eigenvalue weighted by atomic mass is 10.3. The largest absolute Gasteiger partial charge is 0.315 e. The van der Waals surface area contributed by atoms with Crippen LogP contribution >= 0.6 is 11.8 Å². The molecule has 0 aromatic rings. The van der Waals surface area contributed by atoms with E-state index in [1.165, 1.54) is 0 Å². The number of thioether (sulfide) groups is 1. The second-order valence-corrected chi connectivity index (χ2v) is 7.73. The molecule has 0 saturated carbocycles. The van der Waals surface area contributed by atoms with Crippen molar-refractivity contribution in [3.05, 3.63) is 0 Å². The summed E-state index contributed by atoms with van der Waals surface area (Å²) in [5.74, 6) is 0.230. The first-order valence-corrected chi connectivity index (χ1v) is 9.05. The van der Waals surface area contributed by atoms with Crippen LogP contribution in [0, 0.1) is 0 Å². The average molecular weight is 282 g/mol. The molecule has 0 aliphatic carbocycles. The van der Waals surface area contributed by atoms with E-state index < -0.39 is 10.0 Å². The number of unbranched alkanes of at least 4 members (excludes halogenated alkanes) is 1. The molecule has 4 nitrogen and oxygen atoms in total. The average Bonchev–Trinajstić information content (AvgIpc) is 2.25. The normalized spacial score (nSPS) is 14.2. The second kappa shape index (κ2) is 9.19. The molecule has 0 heterocycles. The van der Waals surface area contributed by atoms with Crippen LogP contribution in [-0.4, -0.2) is 44.8 Å². The van der Waals surface area contributed by atoms with Crippen LogP contribution in [0.2, 0.25) is 0 Å². The molecule has 1 unspecified atom stereocenters. The fraction of sp³-hybridized carbons (Fsp3) is 1.00. The van der Waals surface area contributed by atoms with Crippen molar-refractivity contribution in [2.45, 2.75) is 44.9 Å². The summed E-state index contributed by atoms with van der Waals surface area (Å²) in [4.78, 5) is 0. The first-order chi connectivity index (χ1) is 7.87. The maximum absolute atomic E-state index is 11.6. The van der Waals surface area contributed by atoms with E-state index in [1.807, 2.05) is 13.2 Å². The van der Waals surface area contributed by atoms with E-state index >= 15 is 0 Å². The Morgan fingerprint density at radius 1 is 1.18 bits per heavy atom. The lowest BCUT2D eigenvalue weighted by Crippen LogP contribution is -2.32. The second-order valence-electron chi connectivity index (χ2n) is 4.53. The minimum Gasteiger partial charge on any atom is -0.315 e. The third-order valence-electron chi connectivity index (χ3n) is 2.39. The van der Waals surface area contributed by atoms with Gasteiger partial charge in [0, 0.05) is 17.8 Å². The summed E-state index contributed by atoms with van der Waals surface area (Å²) in [5.41, 5.74) is 0. The van der Waals surface area contributed by atoms with Crippen LogP contribution in [0.5, 0.6) is 0 Å². The monoisotopic (exact) mass is 282 g/mol. The molecule has 0 aliphatic heterocycles. The third-order valence-corrected chi connectivity index (χ3v) is 4.79. The molecule has 0 radical (unpaired) electrons. The molecule has 17 heavy (non-hydrogen) atoms. The van der Waals surface area contributed by atoms with Crippen LogP contribution < -0.4 is 10.0 Å². The maximum atomic E-state index is 11.6. The van der Waals surface area contributed by atoms with Crippen molar-refractivity contribution >= 4 is 21.8 Å². The van der Waals surface area contributed by atoms with E-state index in [1.54, 1.807) is 11.8 Å². The van der Waals surface area contributed by atoms with Gasteiger partial charge in [-0.25, -0.2) is 13.1 Å². The van der Waals surface area contributed by atoms with Gasteiger partial charge in [-0.15, -0.1) is 0 Å². The van der Waals surface area contributed by atoms with Crippen molar-refractivity contribution in [3.8, 4) is 0 Å². The summed E-state index contributed by atoms with van der Waals surface area (Å²) >= 11 is 1.66. The predicted molar refractivity (Wildman–Crippen MR) is 77.1 cm³/mol. The van der Waals surface area contributed by atoms with Crippen molar-refractivity contribution in [2.75, 3.05) is 25.1 Å². The van der Waals surface area contributed by atoms with Gasteiger partial charge < -0.3 is 5.32 Å². The highest BCUT2D eigenvalue weighted by Crippen LogP contribution is 2.03. The Kier molecular flexibility index (Phi) is 9.31. The highest BCUT2D eigenvalue weighted by Gasteiger charge is 2.10. The Balaban J connectivity index is 3.64. The summed E-state index contributed by atoms with van der Waals surface area (Å²) in [5, 5.41) is 3.60. The Morgan fingerprint density at radius 2 is 1.82 bits per heavy atom. The number of hydrogen-bond acceptors (Lipinski definition) is 4. The number of rotatable bonds is 10. The zero-order valence-electron chi connectivity index (χ0n) is 11.3. The Labute approximate surface area is 110 Å². The summed E-state index contributed by atoms with van der Waals surface area (Å²) in [7, 11) is -3.08. The molecule has 6 heteroatoms. The smallest absolute Gasteiger partial charge is 0.211 e. The van der Waals surface area contributed by atoms with Gasteiger partial charge in [0.2, 0.25) is 10.0 Å². The van der Waals surface area contributed by atoms with Gasteiger partial charge in [-0.3, -0.25) is 0 Å². The van der Waals surface area contributed by atoms with Gasteiger partial charge in [-0.2, -0.15) is 11.8 Å². The molecule has 0 aromatic carbocycles. The van der Waals surface area contributed by atoms with Crippen LogP contribution in [0.15, 0.2) is 0 Å². The first-order valence-electron chi connectivity index (χ1n) is 6.11. The quantitative estimate of drug-likeness (QED) is 0.595. The number of hydrogen-bond donors (Lipinski definition) is 2. The molecular formula is C11H26N2O2S2. The fourth-order valence-electron chi connectivity index (χ4n) is 1.21. The highest BCUT2D eigenvalue weighted by atomic mass is 32.2. The molecule has 104 valence electrons. The number of sulfonamides is 1. The van der Waals surface area contributed by atoms with Gasteiger partial charge in [-0.1, -0.05) is 20.8 Å². The molecule has 2 N–H and O–H groups in total. The first kappa shape index (κ1) is 17.2. The molecular weight excluding hydrogens is 256 g/mol. The SMILES string of the molecule is CSC(C)CNS(=O)(=O)CCCCNC(C)C. The van der Waals surface area contributed by atoms with Crippen molar-refractivity contribution in [3.63, 3.8) is 0 Å². The lowest BCUT2D eigenvalue weighted by Gasteiger charge is -2.11. The van der Waals surface area contributed by atoms with Crippen molar-refractivity contribution < 1.29 is 8.42 Å². The van der Waals surface area contributed by atoms with Gasteiger partial charge in [-0.05, 0) is 25.6 Å². The molecule has 0 spiro atoms. The molecule has 1 atom stereocenters. The summed E-state index contributed by atoms with van der Waals surface area (Å²) < 4.78 is 25.9. The van der Waals surface area contributed by atoms with Gasteiger partial charge in [0.1, 0.15) is 0 Å². The van der Waals surface area contributed by atoms with Crippen molar-refractivity contribution in [1.29, 1.82) is 0 Å². The van der Waals surface area contributed by atoms with Crippen LogP contribution in [0.4, 0.5) is 0 Å². The van der Waals surface area contributed by atoms with Crippen LogP contribution in [0.1, 0.15) is 33.6 Å². The summed E-state index contributed by atoms with van der Waals surface area (Å²) in [6, 6.07) is 0.465. The molecule has 0 aliphatic rings. The predicted octanol–water partition coefficient (Wildman–Crippen LogP) is 1.44. The third kappa shape index (κ3) is 11.1. The Bertz CT molecular complexity index is 279. The zero-order valence-corrected chi connectivity index (χ0v) is 13.0. The van der Waals surface area contributed by atoms with Crippen LogP contribution in [-0.2, 0) is 10.0 Å². The summed E-state index contributed by atoms with van der Waals surface area (Å²) in [6.07, 6.45) is 3.59. The van der Waals surface area contributed by atoms with E-state index in [0.717, 1.165) is 13.0 Å². The molecule has 0 saturated heterocycles. The standard InChI is InChI=1S/C11H26N2O2S2/c1-10(2)12-7-5-6-8-17(14,15)13-9-11(3)16-4/h10-13H,5-9H2,1-4H3. The molecule has 0 amide bonds.